The molecule has 1 saturated heterocycles. The van der Waals surface area contributed by atoms with Crippen LogP contribution in [0.1, 0.15) is 30.6 Å². The Hall–Kier alpha value is -2.01. The van der Waals surface area contributed by atoms with Crippen LogP contribution < -0.4 is 4.90 Å². The number of nitrogens with zero attached hydrogens (tertiary/aromatic N) is 2. The lowest BCUT2D eigenvalue weighted by molar-refractivity contribution is -0.122. The summed E-state index contributed by atoms with van der Waals surface area (Å²) in [4.78, 5) is 32.4. The number of carbonyl (C=O) groups excluding carboxylic acids is 2. The van der Waals surface area contributed by atoms with Gasteiger partial charge in [0.1, 0.15) is 0 Å². The number of thiazole rings is 1. The summed E-state index contributed by atoms with van der Waals surface area (Å²) < 4.78 is 0. The molecule has 2 amide bonds. The zero-order valence-electron chi connectivity index (χ0n) is 13.0. The predicted molar refractivity (Wildman–Crippen MR) is 90.2 cm³/mol. The average Bonchev–Trinajstić information content (AvgIpc) is 3.07. The predicted octanol–water partition coefficient (Wildman–Crippen LogP) is 3.80. The highest BCUT2D eigenvalue weighted by Gasteiger charge is 2.49. The zero-order valence-corrected chi connectivity index (χ0v) is 13.8. The molecule has 118 valence electrons. The van der Waals surface area contributed by atoms with Crippen LogP contribution in [0.5, 0.6) is 0 Å². The van der Waals surface area contributed by atoms with Crippen LogP contribution in [0.4, 0.5) is 5.13 Å². The van der Waals surface area contributed by atoms with E-state index in [9.17, 15) is 9.59 Å². The SMILES string of the molecule is Cc1sc(N2C(=O)[C@H]3CCCC[C@@H]3C2=O)nc1-c1ccccc1. The van der Waals surface area contributed by atoms with Gasteiger partial charge in [-0.1, -0.05) is 43.2 Å². The third kappa shape index (κ3) is 2.30. The summed E-state index contributed by atoms with van der Waals surface area (Å²) in [5.74, 6) is -0.345. The highest BCUT2D eigenvalue weighted by atomic mass is 32.1. The van der Waals surface area contributed by atoms with Crippen molar-refractivity contribution in [1.29, 1.82) is 0 Å². The van der Waals surface area contributed by atoms with Gasteiger partial charge in [-0.25, -0.2) is 9.88 Å². The van der Waals surface area contributed by atoms with Crippen molar-refractivity contribution in [2.45, 2.75) is 32.6 Å². The molecule has 2 fully saturated rings. The fourth-order valence-electron chi connectivity index (χ4n) is 3.69. The number of anilines is 1. The Morgan fingerprint density at radius 2 is 1.65 bits per heavy atom. The second-order valence-corrected chi connectivity index (χ2v) is 7.46. The van der Waals surface area contributed by atoms with Crippen molar-refractivity contribution >= 4 is 28.3 Å². The van der Waals surface area contributed by atoms with E-state index in [-0.39, 0.29) is 23.7 Å². The zero-order chi connectivity index (χ0) is 16.0. The largest absolute Gasteiger partial charge is 0.274 e. The molecule has 2 heterocycles. The molecule has 4 nitrogen and oxygen atoms in total. The smallest absolute Gasteiger partial charge is 0.239 e. The maximum Gasteiger partial charge on any atom is 0.239 e. The van der Waals surface area contributed by atoms with Crippen LogP contribution in [-0.4, -0.2) is 16.8 Å². The second-order valence-electron chi connectivity index (χ2n) is 6.28. The van der Waals surface area contributed by atoms with Gasteiger partial charge in [-0.3, -0.25) is 9.59 Å². The van der Waals surface area contributed by atoms with Gasteiger partial charge in [-0.15, -0.1) is 11.3 Å². The van der Waals surface area contributed by atoms with E-state index in [0.717, 1.165) is 41.8 Å². The van der Waals surface area contributed by atoms with Gasteiger partial charge < -0.3 is 0 Å². The molecule has 0 bridgehead atoms. The fourth-order valence-corrected chi connectivity index (χ4v) is 4.63. The number of carbonyl (C=O) groups is 2. The summed E-state index contributed by atoms with van der Waals surface area (Å²) in [6, 6.07) is 9.89. The third-order valence-corrected chi connectivity index (χ3v) is 5.82. The van der Waals surface area contributed by atoms with Crippen molar-refractivity contribution < 1.29 is 9.59 Å². The molecule has 1 aromatic carbocycles. The highest BCUT2D eigenvalue weighted by Crippen LogP contribution is 2.42. The molecule has 0 unspecified atom stereocenters. The van der Waals surface area contributed by atoms with Crippen LogP contribution in [0.3, 0.4) is 0 Å². The summed E-state index contributed by atoms with van der Waals surface area (Å²) in [7, 11) is 0. The van der Waals surface area contributed by atoms with Crippen molar-refractivity contribution in [3.05, 3.63) is 35.2 Å². The Bertz CT molecular complexity index is 745. The van der Waals surface area contributed by atoms with Crippen molar-refractivity contribution in [2.24, 2.45) is 11.8 Å². The Morgan fingerprint density at radius 3 is 2.26 bits per heavy atom. The lowest BCUT2D eigenvalue weighted by atomic mass is 9.81. The normalized spacial score (nSPS) is 24.1. The number of aryl methyl sites for hydroxylation is 1. The number of amides is 2. The minimum absolute atomic E-state index is 0.0481. The molecule has 23 heavy (non-hydrogen) atoms. The average molecular weight is 326 g/mol. The van der Waals surface area contributed by atoms with Gasteiger partial charge in [-0.2, -0.15) is 0 Å². The first-order valence-electron chi connectivity index (χ1n) is 8.07. The first-order chi connectivity index (χ1) is 11.2. The molecule has 2 aliphatic rings. The highest BCUT2D eigenvalue weighted by molar-refractivity contribution is 7.16. The molecule has 1 aliphatic carbocycles. The molecule has 1 aliphatic heterocycles. The number of fused-ring (bicyclic) bond motifs is 1. The van der Waals surface area contributed by atoms with E-state index in [4.69, 9.17) is 0 Å². The van der Waals surface area contributed by atoms with Crippen molar-refractivity contribution in [3.8, 4) is 11.3 Å². The van der Waals surface area contributed by atoms with Gasteiger partial charge in [0.2, 0.25) is 11.8 Å². The lowest BCUT2D eigenvalue weighted by Gasteiger charge is -2.19. The van der Waals surface area contributed by atoms with Gasteiger partial charge in [-0.05, 0) is 19.8 Å². The van der Waals surface area contributed by atoms with E-state index in [0.29, 0.717) is 5.13 Å². The van der Waals surface area contributed by atoms with Crippen LogP contribution in [0, 0.1) is 18.8 Å². The van der Waals surface area contributed by atoms with Crippen molar-refractivity contribution in [1.82, 2.24) is 4.98 Å². The van der Waals surface area contributed by atoms with Gasteiger partial charge >= 0.3 is 0 Å². The Labute approximate surface area is 139 Å². The monoisotopic (exact) mass is 326 g/mol. The summed E-state index contributed by atoms with van der Waals surface area (Å²) in [5.41, 5.74) is 1.88. The molecule has 0 N–H and O–H groups in total. The molecule has 4 rings (SSSR count). The Balaban J connectivity index is 1.71. The molecular formula is C18H18N2O2S. The van der Waals surface area contributed by atoms with Gasteiger partial charge in [0.25, 0.3) is 0 Å². The molecule has 5 heteroatoms. The van der Waals surface area contributed by atoms with Gasteiger partial charge in [0.15, 0.2) is 5.13 Å². The van der Waals surface area contributed by atoms with Crippen LogP contribution in [-0.2, 0) is 9.59 Å². The number of hydrogen-bond donors (Lipinski definition) is 0. The number of rotatable bonds is 2. The lowest BCUT2D eigenvalue weighted by Crippen LogP contribution is -2.30. The number of aromatic nitrogens is 1. The van der Waals surface area contributed by atoms with Crippen molar-refractivity contribution in [2.75, 3.05) is 4.90 Å². The first-order valence-corrected chi connectivity index (χ1v) is 8.89. The van der Waals surface area contributed by atoms with E-state index in [1.165, 1.54) is 16.2 Å². The van der Waals surface area contributed by atoms with E-state index in [1.54, 1.807) is 0 Å². The summed E-state index contributed by atoms with van der Waals surface area (Å²) in [6.07, 6.45) is 3.75. The van der Waals surface area contributed by atoms with E-state index in [2.05, 4.69) is 4.98 Å². The fraction of sp³-hybridized carbons (Fsp3) is 0.389. The number of hydrogen-bond acceptors (Lipinski definition) is 4. The third-order valence-electron chi connectivity index (χ3n) is 4.86. The van der Waals surface area contributed by atoms with Crippen LogP contribution >= 0.6 is 11.3 Å². The van der Waals surface area contributed by atoms with Crippen LogP contribution in [0.2, 0.25) is 0 Å². The molecule has 2 aromatic rings. The van der Waals surface area contributed by atoms with Crippen LogP contribution in [0.15, 0.2) is 30.3 Å². The second kappa shape index (κ2) is 5.57. The summed E-state index contributed by atoms with van der Waals surface area (Å²) >= 11 is 1.43. The summed E-state index contributed by atoms with van der Waals surface area (Å²) in [6.45, 7) is 1.99. The van der Waals surface area contributed by atoms with Crippen LogP contribution in [0.25, 0.3) is 11.3 Å². The van der Waals surface area contributed by atoms with Crippen molar-refractivity contribution in [3.63, 3.8) is 0 Å². The summed E-state index contributed by atoms with van der Waals surface area (Å²) in [5, 5.41) is 0.533. The molecule has 0 radical (unpaired) electrons. The molecule has 1 aromatic heterocycles. The quantitative estimate of drug-likeness (QED) is 0.789. The van der Waals surface area contributed by atoms with E-state index >= 15 is 0 Å². The van der Waals surface area contributed by atoms with Gasteiger partial charge in [0, 0.05) is 10.4 Å². The maximum absolute atomic E-state index is 12.7. The minimum atomic E-state index is -0.124. The first kappa shape index (κ1) is 14.6. The number of benzene rings is 1. The molecular weight excluding hydrogens is 308 g/mol. The number of imide groups is 1. The van der Waals surface area contributed by atoms with Gasteiger partial charge in [0.05, 0.1) is 17.5 Å². The molecule has 2 atom stereocenters. The Kier molecular flexibility index (Phi) is 3.53. The minimum Gasteiger partial charge on any atom is -0.274 e. The standard InChI is InChI=1S/C18H18N2O2S/c1-11-15(12-7-3-2-4-8-12)19-18(23-11)20-16(21)13-9-5-6-10-14(13)17(20)22/h2-4,7-8,13-14H,5-6,9-10H2,1H3/t13-,14-/m0/s1. The van der Waals surface area contributed by atoms with E-state index in [1.807, 2.05) is 37.3 Å². The molecule has 0 spiro atoms. The topological polar surface area (TPSA) is 50.3 Å². The van der Waals surface area contributed by atoms with E-state index < -0.39 is 0 Å². The molecule has 1 saturated carbocycles. The maximum atomic E-state index is 12.7. The Morgan fingerprint density at radius 1 is 1.04 bits per heavy atom.